The molecule has 2 aromatic rings. The van der Waals surface area contributed by atoms with Crippen molar-refractivity contribution in [1.82, 2.24) is 14.9 Å². The number of thiocarbonyl (C=S) groups is 1. The van der Waals surface area contributed by atoms with Crippen molar-refractivity contribution in [3.05, 3.63) is 48.0 Å². The van der Waals surface area contributed by atoms with Crippen LogP contribution in [0, 0.1) is 5.92 Å². The van der Waals surface area contributed by atoms with Crippen molar-refractivity contribution in [2.45, 2.75) is 13.0 Å². The maximum Gasteiger partial charge on any atom is 0.251 e. The van der Waals surface area contributed by atoms with Gasteiger partial charge in [0.05, 0.1) is 12.0 Å². The minimum absolute atomic E-state index is 0.0343. The molecule has 1 aliphatic rings. The predicted molar refractivity (Wildman–Crippen MR) is 103 cm³/mol. The third-order valence-electron chi connectivity index (χ3n) is 3.79. The van der Waals surface area contributed by atoms with Gasteiger partial charge in [0.25, 0.3) is 5.91 Å². The van der Waals surface area contributed by atoms with Crippen LogP contribution in [0.2, 0.25) is 5.02 Å². The zero-order valence-electron chi connectivity index (χ0n) is 13.7. The van der Waals surface area contributed by atoms with Crippen molar-refractivity contribution in [2.75, 3.05) is 11.4 Å². The second-order valence-electron chi connectivity index (χ2n) is 5.63. The summed E-state index contributed by atoms with van der Waals surface area (Å²) >= 11 is 11.1. The first-order chi connectivity index (χ1) is 12.6. The molecule has 1 fully saturated rings. The number of amides is 2. The highest BCUT2D eigenvalue weighted by molar-refractivity contribution is 7.80. The molecule has 2 amide bonds. The lowest BCUT2D eigenvalue weighted by atomic mass is 10.1. The fourth-order valence-corrected chi connectivity index (χ4v) is 3.01. The highest BCUT2D eigenvalue weighted by Crippen LogP contribution is 2.23. The lowest BCUT2D eigenvalue weighted by Crippen LogP contribution is -2.58. The van der Waals surface area contributed by atoms with Crippen LogP contribution in [-0.4, -0.2) is 39.2 Å². The number of benzene rings is 1. The molecule has 0 radical (unpaired) electrons. The molecule has 0 bridgehead atoms. The molecular weight excluding hydrogens is 374 g/mol. The van der Waals surface area contributed by atoms with Gasteiger partial charge in [0.2, 0.25) is 5.91 Å². The molecule has 1 aromatic heterocycles. The van der Waals surface area contributed by atoms with Gasteiger partial charge in [-0.05, 0) is 36.8 Å². The van der Waals surface area contributed by atoms with Crippen LogP contribution in [0.15, 0.2) is 48.0 Å². The van der Waals surface area contributed by atoms with E-state index in [0.717, 1.165) is 13.0 Å². The lowest BCUT2D eigenvalue weighted by molar-refractivity contribution is -0.130. The average Bonchev–Trinajstić information content (AvgIpc) is 3.10. The first-order valence-corrected chi connectivity index (χ1v) is 8.75. The second-order valence-corrected chi connectivity index (χ2v) is 6.46. The number of rotatable bonds is 6. The van der Waals surface area contributed by atoms with Crippen molar-refractivity contribution in [1.29, 1.82) is 0 Å². The van der Waals surface area contributed by atoms with Crippen LogP contribution in [-0.2, 0) is 16.1 Å². The summed E-state index contributed by atoms with van der Waals surface area (Å²) < 4.78 is 1.94. The second kappa shape index (κ2) is 8.20. The van der Waals surface area contributed by atoms with E-state index in [0.29, 0.717) is 17.3 Å². The zero-order chi connectivity index (χ0) is 18.5. The van der Waals surface area contributed by atoms with Gasteiger partial charge >= 0.3 is 0 Å². The first kappa shape index (κ1) is 18.2. The Morgan fingerprint density at radius 3 is 2.96 bits per heavy atom. The van der Waals surface area contributed by atoms with E-state index < -0.39 is 17.7 Å². The molecule has 0 spiro atoms. The summed E-state index contributed by atoms with van der Waals surface area (Å²) in [6.07, 6.45) is 7.45. The minimum Gasteiger partial charge on any atom is -0.337 e. The van der Waals surface area contributed by atoms with Crippen molar-refractivity contribution in [3.63, 3.8) is 0 Å². The highest BCUT2D eigenvalue weighted by Gasteiger charge is 2.38. The Balaban J connectivity index is 1.66. The summed E-state index contributed by atoms with van der Waals surface area (Å²) in [5.41, 5.74) is 0.506. The van der Waals surface area contributed by atoms with E-state index >= 15 is 0 Å². The van der Waals surface area contributed by atoms with E-state index in [1.54, 1.807) is 36.8 Å². The minimum atomic E-state index is -1.02. The molecular formula is C17H16ClN5O2S. The molecule has 0 unspecified atom stereocenters. The fraction of sp³-hybridized carbons (Fsp3) is 0.235. The van der Waals surface area contributed by atoms with E-state index in [1.165, 1.54) is 11.1 Å². The van der Waals surface area contributed by atoms with Gasteiger partial charge in [-0.1, -0.05) is 17.7 Å². The molecule has 7 nitrogen and oxygen atoms in total. The van der Waals surface area contributed by atoms with Gasteiger partial charge in [-0.25, -0.2) is 4.98 Å². The third-order valence-corrected chi connectivity index (χ3v) is 4.31. The topological polar surface area (TPSA) is 79.6 Å². The van der Waals surface area contributed by atoms with Crippen LogP contribution in [0.4, 0.5) is 5.69 Å². The number of hydrogen-bond acceptors (Lipinski definition) is 5. The van der Waals surface area contributed by atoms with Crippen LogP contribution in [0.1, 0.15) is 6.42 Å². The summed E-state index contributed by atoms with van der Waals surface area (Å²) in [6.45, 7) is 1.26. The van der Waals surface area contributed by atoms with E-state index in [2.05, 4.69) is 15.3 Å². The van der Waals surface area contributed by atoms with Crippen molar-refractivity contribution >= 4 is 52.6 Å². The van der Waals surface area contributed by atoms with E-state index in [4.69, 9.17) is 23.8 Å². The fourth-order valence-electron chi connectivity index (χ4n) is 2.53. The van der Waals surface area contributed by atoms with Gasteiger partial charge in [-0.15, -0.1) is 0 Å². The number of carbonyl (C=O) groups is 2. The molecule has 1 saturated heterocycles. The van der Waals surface area contributed by atoms with Gasteiger partial charge in [0.1, 0.15) is 0 Å². The van der Waals surface area contributed by atoms with E-state index in [-0.39, 0.29) is 5.11 Å². The van der Waals surface area contributed by atoms with Crippen LogP contribution >= 0.6 is 23.8 Å². The molecule has 1 aliphatic heterocycles. The average molecular weight is 390 g/mol. The SMILES string of the molecule is O=C1NC(=S)N(c2cccc(Cl)c2)C(=O)[C@@H]1C=NCCCn1ccnc1. The number of aliphatic imine (C=N–C) groups is 1. The molecule has 2 heterocycles. The number of halogens is 1. The van der Waals surface area contributed by atoms with Crippen molar-refractivity contribution in [3.8, 4) is 0 Å². The Morgan fingerprint density at radius 2 is 2.23 bits per heavy atom. The quantitative estimate of drug-likeness (QED) is 0.355. The Morgan fingerprint density at radius 1 is 1.38 bits per heavy atom. The van der Waals surface area contributed by atoms with Gasteiger partial charge in [-0.2, -0.15) is 0 Å². The van der Waals surface area contributed by atoms with E-state index in [1.807, 2.05) is 10.8 Å². The number of aromatic nitrogens is 2. The molecule has 0 aliphatic carbocycles. The summed E-state index contributed by atoms with van der Waals surface area (Å²) in [5, 5.41) is 3.05. The summed E-state index contributed by atoms with van der Waals surface area (Å²) in [6, 6.07) is 6.72. The van der Waals surface area contributed by atoms with Gasteiger partial charge in [-0.3, -0.25) is 19.5 Å². The van der Waals surface area contributed by atoms with Crippen LogP contribution in [0.5, 0.6) is 0 Å². The molecule has 0 saturated carbocycles. The summed E-state index contributed by atoms with van der Waals surface area (Å²) in [5.74, 6) is -1.94. The van der Waals surface area contributed by atoms with E-state index in [9.17, 15) is 9.59 Å². The third kappa shape index (κ3) is 4.14. The smallest absolute Gasteiger partial charge is 0.251 e. The van der Waals surface area contributed by atoms with Crippen LogP contribution < -0.4 is 10.2 Å². The normalized spacial score (nSPS) is 17.8. The highest BCUT2D eigenvalue weighted by atomic mass is 35.5. The number of nitrogens with zero attached hydrogens (tertiary/aromatic N) is 4. The number of nitrogens with one attached hydrogen (secondary N) is 1. The number of hydrogen-bond donors (Lipinski definition) is 1. The summed E-state index contributed by atoms with van der Waals surface area (Å²) in [7, 11) is 0. The number of imidazole rings is 1. The summed E-state index contributed by atoms with van der Waals surface area (Å²) in [4.78, 5) is 34.3. The number of aryl methyl sites for hydroxylation is 1. The Labute approximate surface area is 160 Å². The predicted octanol–water partition coefficient (Wildman–Crippen LogP) is 2.06. The van der Waals surface area contributed by atoms with Gasteiger partial charge in [0, 0.05) is 36.7 Å². The van der Waals surface area contributed by atoms with Gasteiger partial charge in [0.15, 0.2) is 11.0 Å². The molecule has 9 heteroatoms. The Kier molecular flexibility index (Phi) is 5.75. The number of carbonyl (C=O) groups excluding carboxylic acids is 2. The Bertz CT molecular complexity index is 853. The molecule has 26 heavy (non-hydrogen) atoms. The van der Waals surface area contributed by atoms with Crippen LogP contribution in [0.3, 0.4) is 0 Å². The molecule has 1 aromatic carbocycles. The molecule has 1 N–H and O–H groups in total. The van der Waals surface area contributed by atoms with Crippen molar-refractivity contribution < 1.29 is 9.59 Å². The lowest BCUT2D eigenvalue weighted by Gasteiger charge is -2.31. The monoisotopic (exact) mass is 389 g/mol. The van der Waals surface area contributed by atoms with Gasteiger partial charge < -0.3 is 9.88 Å². The maximum atomic E-state index is 12.7. The zero-order valence-corrected chi connectivity index (χ0v) is 15.3. The first-order valence-electron chi connectivity index (χ1n) is 7.96. The maximum absolute atomic E-state index is 12.7. The molecule has 3 rings (SSSR count). The van der Waals surface area contributed by atoms with Crippen molar-refractivity contribution in [2.24, 2.45) is 10.9 Å². The van der Waals surface area contributed by atoms with Crippen LogP contribution in [0.25, 0.3) is 0 Å². The largest absolute Gasteiger partial charge is 0.337 e. The molecule has 1 atom stereocenters. The Hall–Kier alpha value is -2.58. The standard InChI is InChI=1S/C17H16ClN5O2S/c18-12-3-1-4-13(9-12)23-16(25)14(15(24)21-17(23)26)10-19-5-2-7-22-8-6-20-11-22/h1,3-4,6,8-11,14H,2,5,7H2,(H,21,24,26)/t14-/m1/s1. The number of anilines is 1. The molecule has 134 valence electrons.